The van der Waals surface area contributed by atoms with E-state index in [9.17, 15) is 4.79 Å². The predicted molar refractivity (Wildman–Crippen MR) is 135 cm³/mol. The first-order valence-corrected chi connectivity index (χ1v) is 13.3. The Morgan fingerprint density at radius 1 is 0.906 bits per heavy atom. The molecule has 3 rings (SSSR count). The number of aliphatic imine (C=N–C) groups is 1. The van der Waals surface area contributed by atoms with Gasteiger partial charge in [-0.05, 0) is 49.3 Å². The summed E-state index contributed by atoms with van der Waals surface area (Å²) in [7, 11) is 1.70. The summed E-state index contributed by atoms with van der Waals surface area (Å²) in [4.78, 5) is 18.9. The number of likely N-dealkylation sites (tertiary alicyclic amines) is 1. The van der Waals surface area contributed by atoms with Crippen LogP contribution in [0.25, 0.3) is 0 Å². The highest BCUT2D eigenvalue weighted by Crippen LogP contribution is 2.28. The van der Waals surface area contributed by atoms with Crippen LogP contribution in [0.15, 0.2) is 29.3 Å². The molecule has 178 valence electrons. The summed E-state index contributed by atoms with van der Waals surface area (Å²) in [5, 5.41) is 0. The summed E-state index contributed by atoms with van der Waals surface area (Å²) in [5.74, 6) is 1.69. The minimum atomic E-state index is -0.0422. The Balaban J connectivity index is 1.27. The third-order valence-corrected chi connectivity index (χ3v) is 7.62. The third-order valence-electron chi connectivity index (χ3n) is 7.62. The lowest BCUT2D eigenvalue weighted by molar-refractivity contribution is 0.0769. The summed E-state index contributed by atoms with van der Waals surface area (Å²) in [5.41, 5.74) is 8.11. The molecule has 0 radical (unpaired) electrons. The van der Waals surface area contributed by atoms with Gasteiger partial charge in [-0.25, -0.2) is 0 Å². The molecule has 2 aliphatic rings. The van der Waals surface area contributed by atoms with Crippen LogP contribution in [0.4, 0.5) is 0 Å². The lowest BCUT2D eigenvalue weighted by Gasteiger charge is -2.24. The summed E-state index contributed by atoms with van der Waals surface area (Å²) in [6, 6.07) is 8.18. The second-order valence-corrected chi connectivity index (χ2v) is 10.0. The number of carbonyl (C=O) groups is 1. The molecule has 4 heteroatoms. The fourth-order valence-electron chi connectivity index (χ4n) is 5.57. The number of amides is 1. The minimum absolute atomic E-state index is 0.0422. The molecule has 0 unspecified atom stereocenters. The second-order valence-electron chi connectivity index (χ2n) is 10.0. The van der Waals surface area contributed by atoms with Crippen molar-refractivity contribution < 1.29 is 4.79 Å². The Morgan fingerprint density at radius 3 is 2.25 bits per heavy atom. The minimum Gasteiger partial charge on any atom is -0.386 e. The van der Waals surface area contributed by atoms with Crippen LogP contribution in [0.2, 0.25) is 0 Å². The molecule has 1 aliphatic heterocycles. The van der Waals surface area contributed by atoms with E-state index in [0.717, 1.165) is 37.3 Å². The van der Waals surface area contributed by atoms with Crippen LogP contribution >= 0.6 is 0 Å². The van der Waals surface area contributed by atoms with Gasteiger partial charge in [-0.3, -0.25) is 9.79 Å². The maximum absolute atomic E-state index is 12.9. The second kappa shape index (κ2) is 13.6. The van der Waals surface area contributed by atoms with Crippen LogP contribution < -0.4 is 5.73 Å². The normalized spacial score (nSPS) is 20.1. The van der Waals surface area contributed by atoms with Crippen LogP contribution in [0.5, 0.6) is 0 Å². The first kappa shape index (κ1) is 24.8. The Bertz CT molecular complexity index is 706. The standard InChI is InChI=1S/C28H45N3O/c1-30-27(29)26-17-12-22-31(26)28(32)25-20-18-24(19-21-25)16-9-6-4-2-3-5-8-13-23-14-10-7-11-15-23/h18-21,23,26H,2-17,22H2,1H3,(H2,29,30)/t26-/m0/s1. The number of hydrogen-bond acceptors (Lipinski definition) is 2. The van der Waals surface area contributed by atoms with Crippen LogP contribution in [0.3, 0.4) is 0 Å². The fourth-order valence-corrected chi connectivity index (χ4v) is 5.57. The molecule has 1 heterocycles. The summed E-state index contributed by atoms with van der Waals surface area (Å²) < 4.78 is 0. The molecule has 1 aromatic rings. The van der Waals surface area contributed by atoms with Crippen LogP contribution in [-0.2, 0) is 6.42 Å². The topological polar surface area (TPSA) is 58.7 Å². The lowest BCUT2D eigenvalue weighted by Crippen LogP contribution is -2.43. The van der Waals surface area contributed by atoms with E-state index in [1.54, 1.807) is 7.05 Å². The molecule has 0 spiro atoms. The number of aryl methyl sites for hydroxylation is 1. The van der Waals surface area contributed by atoms with Crippen molar-refractivity contribution in [2.24, 2.45) is 16.6 Å². The molecule has 1 amide bonds. The van der Waals surface area contributed by atoms with Gasteiger partial charge in [0.25, 0.3) is 5.91 Å². The van der Waals surface area contributed by atoms with Crippen molar-refractivity contribution >= 4 is 11.7 Å². The molecular weight excluding hydrogens is 394 g/mol. The van der Waals surface area contributed by atoms with Crippen molar-refractivity contribution in [2.75, 3.05) is 13.6 Å². The van der Waals surface area contributed by atoms with Crippen LogP contribution in [-0.4, -0.2) is 36.3 Å². The number of nitrogens with two attached hydrogens (primary N) is 1. The monoisotopic (exact) mass is 439 g/mol. The quantitative estimate of drug-likeness (QED) is 0.229. The summed E-state index contributed by atoms with van der Waals surface area (Å²) in [6.45, 7) is 0.766. The Labute approximate surface area is 196 Å². The van der Waals surface area contributed by atoms with Gasteiger partial charge in [0.2, 0.25) is 0 Å². The molecule has 1 aliphatic carbocycles. The van der Waals surface area contributed by atoms with E-state index >= 15 is 0 Å². The predicted octanol–water partition coefficient (Wildman–Crippen LogP) is 6.52. The van der Waals surface area contributed by atoms with Gasteiger partial charge in [-0.2, -0.15) is 0 Å². The highest BCUT2D eigenvalue weighted by Gasteiger charge is 2.31. The summed E-state index contributed by atoms with van der Waals surface area (Å²) in [6.07, 6.45) is 21.5. The van der Waals surface area contributed by atoms with E-state index in [2.05, 4.69) is 17.1 Å². The average Bonchev–Trinajstić information content (AvgIpc) is 3.33. The van der Waals surface area contributed by atoms with Gasteiger partial charge in [0.15, 0.2) is 0 Å². The van der Waals surface area contributed by atoms with E-state index in [4.69, 9.17) is 5.73 Å². The first-order valence-electron chi connectivity index (χ1n) is 13.3. The highest BCUT2D eigenvalue weighted by atomic mass is 16.2. The SMILES string of the molecule is CN=C(N)[C@@H]1CCCN1C(=O)c1ccc(CCCCCCCCCC2CCCCC2)cc1. The lowest BCUT2D eigenvalue weighted by atomic mass is 9.85. The van der Waals surface area contributed by atoms with Gasteiger partial charge in [0, 0.05) is 19.2 Å². The van der Waals surface area contributed by atoms with Crippen molar-refractivity contribution in [3.63, 3.8) is 0 Å². The molecule has 1 saturated heterocycles. The number of unbranched alkanes of at least 4 members (excludes halogenated alkanes) is 6. The van der Waals surface area contributed by atoms with E-state index in [-0.39, 0.29) is 11.9 Å². The first-order chi connectivity index (χ1) is 15.7. The molecule has 1 atom stereocenters. The zero-order valence-corrected chi connectivity index (χ0v) is 20.4. The van der Waals surface area contributed by atoms with Crippen LogP contribution in [0.1, 0.15) is 112 Å². The van der Waals surface area contributed by atoms with Crippen molar-refractivity contribution in [3.8, 4) is 0 Å². The molecule has 1 saturated carbocycles. The molecule has 2 N–H and O–H groups in total. The zero-order valence-electron chi connectivity index (χ0n) is 20.4. The number of rotatable bonds is 12. The van der Waals surface area contributed by atoms with E-state index in [1.165, 1.54) is 89.0 Å². The van der Waals surface area contributed by atoms with Crippen molar-refractivity contribution in [1.29, 1.82) is 0 Å². The number of carbonyl (C=O) groups excluding carboxylic acids is 1. The van der Waals surface area contributed by atoms with Gasteiger partial charge >= 0.3 is 0 Å². The largest absolute Gasteiger partial charge is 0.386 e. The molecule has 4 nitrogen and oxygen atoms in total. The zero-order chi connectivity index (χ0) is 22.6. The molecular formula is C28H45N3O. The number of amidine groups is 1. The maximum atomic E-state index is 12.9. The fraction of sp³-hybridized carbons (Fsp3) is 0.714. The van der Waals surface area contributed by atoms with Crippen molar-refractivity contribution in [1.82, 2.24) is 4.90 Å². The summed E-state index contributed by atoms with van der Waals surface area (Å²) >= 11 is 0. The number of hydrogen-bond donors (Lipinski definition) is 1. The van der Waals surface area contributed by atoms with E-state index < -0.39 is 0 Å². The molecule has 2 fully saturated rings. The van der Waals surface area contributed by atoms with Crippen LogP contribution in [0, 0.1) is 5.92 Å². The Hall–Kier alpha value is -1.84. The van der Waals surface area contributed by atoms with E-state index in [1.807, 2.05) is 17.0 Å². The average molecular weight is 440 g/mol. The van der Waals surface area contributed by atoms with Crippen molar-refractivity contribution in [2.45, 2.75) is 109 Å². The van der Waals surface area contributed by atoms with Gasteiger partial charge < -0.3 is 10.6 Å². The van der Waals surface area contributed by atoms with Gasteiger partial charge in [0.05, 0.1) is 6.04 Å². The smallest absolute Gasteiger partial charge is 0.254 e. The van der Waals surface area contributed by atoms with Crippen molar-refractivity contribution in [3.05, 3.63) is 35.4 Å². The molecule has 1 aromatic carbocycles. The number of nitrogens with zero attached hydrogens (tertiary/aromatic N) is 2. The molecule has 0 aromatic heterocycles. The maximum Gasteiger partial charge on any atom is 0.254 e. The van der Waals surface area contributed by atoms with Gasteiger partial charge in [-0.15, -0.1) is 0 Å². The Morgan fingerprint density at radius 2 is 1.56 bits per heavy atom. The molecule has 32 heavy (non-hydrogen) atoms. The molecule has 0 bridgehead atoms. The number of benzene rings is 1. The van der Waals surface area contributed by atoms with Gasteiger partial charge in [-0.1, -0.05) is 89.2 Å². The van der Waals surface area contributed by atoms with E-state index in [0.29, 0.717) is 5.84 Å². The highest BCUT2D eigenvalue weighted by molar-refractivity contribution is 5.98. The Kier molecular flexibility index (Phi) is 10.6. The third kappa shape index (κ3) is 7.64. The van der Waals surface area contributed by atoms with Gasteiger partial charge in [0.1, 0.15) is 5.84 Å².